The first-order chi connectivity index (χ1) is 13.5. The zero-order valence-electron chi connectivity index (χ0n) is 15.7. The monoisotopic (exact) mass is 393 g/mol. The van der Waals surface area contributed by atoms with E-state index in [1.807, 2.05) is 37.3 Å². The van der Waals surface area contributed by atoms with Gasteiger partial charge in [-0.15, -0.1) is 0 Å². The van der Waals surface area contributed by atoms with Crippen molar-refractivity contribution in [1.29, 1.82) is 0 Å². The molecule has 3 aromatic rings. The van der Waals surface area contributed by atoms with E-state index in [9.17, 15) is 9.59 Å². The number of aromatic nitrogens is 2. The van der Waals surface area contributed by atoms with Crippen LogP contribution in [0.3, 0.4) is 0 Å². The fraction of sp³-hybridized carbons (Fsp3) is 0.182. The number of pyridine rings is 2. The van der Waals surface area contributed by atoms with Crippen LogP contribution in [0.5, 0.6) is 0 Å². The summed E-state index contributed by atoms with van der Waals surface area (Å²) < 4.78 is 0. The molecule has 0 unspecified atom stereocenters. The van der Waals surface area contributed by atoms with Crippen molar-refractivity contribution < 1.29 is 9.59 Å². The maximum Gasteiger partial charge on any atom is 0.226 e. The molecule has 0 aliphatic carbocycles. The molecule has 0 N–H and O–H groups in total. The highest BCUT2D eigenvalue weighted by atomic mass is 35.5. The third kappa shape index (κ3) is 4.43. The number of nitrogens with zero attached hydrogens (tertiary/aromatic N) is 3. The summed E-state index contributed by atoms with van der Waals surface area (Å²) in [5.74, 6) is -0.0563. The number of benzene rings is 1. The van der Waals surface area contributed by atoms with Gasteiger partial charge in [-0.1, -0.05) is 30.7 Å². The van der Waals surface area contributed by atoms with Gasteiger partial charge in [0.15, 0.2) is 5.78 Å². The van der Waals surface area contributed by atoms with Crippen molar-refractivity contribution in [2.24, 2.45) is 0 Å². The fourth-order valence-corrected chi connectivity index (χ4v) is 3.14. The molecule has 0 atom stereocenters. The average Bonchev–Trinajstić information content (AvgIpc) is 2.73. The van der Waals surface area contributed by atoms with Gasteiger partial charge < -0.3 is 4.90 Å². The van der Waals surface area contributed by atoms with Gasteiger partial charge in [0.05, 0.1) is 10.7 Å². The molecule has 5 nitrogen and oxygen atoms in total. The summed E-state index contributed by atoms with van der Waals surface area (Å²) in [5, 5.41) is 0.486. The number of hydrogen-bond donors (Lipinski definition) is 0. The molecular weight excluding hydrogens is 374 g/mol. The van der Waals surface area contributed by atoms with Crippen LogP contribution in [0.25, 0.3) is 11.1 Å². The number of rotatable bonds is 6. The van der Waals surface area contributed by atoms with E-state index in [4.69, 9.17) is 11.6 Å². The van der Waals surface area contributed by atoms with E-state index in [1.165, 1.54) is 0 Å². The molecule has 0 bridgehead atoms. The van der Waals surface area contributed by atoms with Crippen molar-refractivity contribution in [1.82, 2.24) is 9.97 Å². The zero-order valence-corrected chi connectivity index (χ0v) is 16.5. The first-order valence-electron chi connectivity index (χ1n) is 8.94. The molecule has 6 heteroatoms. The number of anilines is 1. The maximum atomic E-state index is 12.4. The Hall–Kier alpha value is -3.05. The van der Waals surface area contributed by atoms with Gasteiger partial charge >= 0.3 is 0 Å². The van der Waals surface area contributed by atoms with Gasteiger partial charge in [-0.05, 0) is 41.5 Å². The van der Waals surface area contributed by atoms with Crippen molar-refractivity contribution in [2.75, 3.05) is 11.9 Å². The van der Waals surface area contributed by atoms with Gasteiger partial charge in [0.1, 0.15) is 5.69 Å². The van der Waals surface area contributed by atoms with Crippen molar-refractivity contribution >= 4 is 29.0 Å². The smallest absolute Gasteiger partial charge is 0.226 e. The molecule has 1 amide bonds. The lowest BCUT2D eigenvalue weighted by molar-refractivity contribution is -0.118. The second-order valence-corrected chi connectivity index (χ2v) is 6.77. The predicted octanol–water partition coefficient (Wildman–Crippen LogP) is 4.60. The molecule has 1 aromatic carbocycles. The number of amides is 1. The van der Waals surface area contributed by atoms with Gasteiger partial charge in [-0.25, -0.2) is 0 Å². The first-order valence-corrected chi connectivity index (χ1v) is 9.32. The van der Waals surface area contributed by atoms with Gasteiger partial charge in [-0.3, -0.25) is 19.6 Å². The van der Waals surface area contributed by atoms with Crippen molar-refractivity contribution in [3.63, 3.8) is 0 Å². The van der Waals surface area contributed by atoms with Gasteiger partial charge in [0, 0.05) is 44.0 Å². The number of hydrogen-bond acceptors (Lipinski definition) is 4. The van der Waals surface area contributed by atoms with Crippen LogP contribution >= 0.6 is 11.6 Å². The standard InChI is InChI=1S/C22H20ClN3O2/c1-3-22(28)26(2)20-7-5-16(13-18(20)23)17-4-6-19(25-14-17)21(27)12-15-8-10-24-11-9-15/h4-11,13-14H,3,12H2,1-2H3. The van der Waals surface area contributed by atoms with Crippen LogP contribution in [0.1, 0.15) is 29.4 Å². The fourth-order valence-electron chi connectivity index (χ4n) is 2.84. The molecule has 0 spiro atoms. The zero-order chi connectivity index (χ0) is 20.1. The lowest BCUT2D eigenvalue weighted by atomic mass is 10.0. The lowest BCUT2D eigenvalue weighted by Crippen LogP contribution is -2.25. The topological polar surface area (TPSA) is 63.2 Å². The number of carbonyl (C=O) groups excluding carboxylic acids is 2. The van der Waals surface area contributed by atoms with E-state index < -0.39 is 0 Å². The average molecular weight is 394 g/mol. The number of halogens is 1. The Morgan fingerprint density at radius 1 is 1.04 bits per heavy atom. The SMILES string of the molecule is CCC(=O)N(C)c1ccc(-c2ccc(C(=O)Cc3ccncc3)nc2)cc1Cl. The number of carbonyl (C=O) groups is 2. The highest BCUT2D eigenvalue weighted by Gasteiger charge is 2.14. The summed E-state index contributed by atoms with van der Waals surface area (Å²) in [6, 6.07) is 12.7. The van der Waals surface area contributed by atoms with Gasteiger partial charge in [0.2, 0.25) is 5.91 Å². The summed E-state index contributed by atoms with van der Waals surface area (Å²) in [6.45, 7) is 1.81. The van der Waals surface area contributed by atoms with E-state index in [0.717, 1.165) is 16.7 Å². The Labute approximate surface area is 169 Å². The Morgan fingerprint density at radius 2 is 1.75 bits per heavy atom. The maximum absolute atomic E-state index is 12.4. The van der Waals surface area contributed by atoms with Crippen LogP contribution in [-0.2, 0) is 11.2 Å². The van der Waals surface area contributed by atoms with Crippen LogP contribution in [-0.4, -0.2) is 28.7 Å². The van der Waals surface area contributed by atoms with E-state index in [0.29, 0.717) is 22.8 Å². The summed E-state index contributed by atoms with van der Waals surface area (Å²) in [7, 11) is 1.71. The molecule has 28 heavy (non-hydrogen) atoms. The highest BCUT2D eigenvalue weighted by Crippen LogP contribution is 2.31. The van der Waals surface area contributed by atoms with E-state index in [1.54, 1.807) is 42.7 Å². The molecule has 2 aromatic heterocycles. The minimum absolute atomic E-state index is 0.00613. The van der Waals surface area contributed by atoms with Crippen LogP contribution < -0.4 is 4.90 Å². The summed E-state index contributed by atoms with van der Waals surface area (Å²) in [6.07, 6.45) is 5.68. The third-order valence-corrected chi connectivity index (χ3v) is 4.78. The molecule has 0 radical (unpaired) electrons. The van der Waals surface area contributed by atoms with E-state index in [-0.39, 0.29) is 18.1 Å². The minimum atomic E-state index is -0.0502. The Bertz CT molecular complexity index is 988. The molecule has 0 fully saturated rings. The first kappa shape index (κ1) is 19.7. The van der Waals surface area contributed by atoms with Crippen LogP contribution in [0, 0.1) is 0 Å². The minimum Gasteiger partial charge on any atom is -0.314 e. The van der Waals surface area contributed by atoms with Crippen molar-refractivity contribution in [3.8, 4) is 11.1 Å². The largest absolute Gasteiger partial charge is 0.314 e. The van der Waals surface area contributed by atoms with Crippen LogP contribution in [0.2, 0.25) is 5.02 Å². The Kier molecular flexibility index (Phi) is 6.16. The summed E-state index contributed by atoms with van der Waals surface area (Å²) in [4.78, 5) is 34.1. The third-order valence-electron chi connectivity index (χ3n) is 4.48. The molecule has 0 aliphatic heterocycles. The van der Waals surface area contributed by atoms with Gasteiger partial charge in [-0.2, -0.15) is 0 Å². The van der Waals surface area contributed by atoms with Gasteiger partial charge in [0.25, 0.3) is 0 Å². The van der Waals surface area contributed by atoms with E-state index >= 15 is 0 Å². The van der Waals surface area contributed by atoms with E-state index in [2.05, 4.69) is 9.97 Å². The second-order valence-electron chi connectivity index (χ2n) is 6.36. The molecule has 0 saturated carbocycles. The molecule has 142 valence electrons. The Morgan fingerprint density at radius 3 is 2.36 bits per heavy atom. The molecule has 0 aliphatic rings. The molecular formula is C22H20ClN3O2. The molecule has 0 saturated heterocycles. The van der Waals surface area contributed by atoms with Crippen LogP contribution in [0.15, 0.2) is 61.1 Å². The highest BCUT2D eigenvalue weighted by molar-refractivity contribution is 6.34. The normalized spacial score (nSPS) is 10.5. The number of ketones is 1. The molecule has 2 heterocycles. The van der Waals surface area contributed by atoms with Crippen LogP contribution in [0.4, 0.5) is 5.69 Å². The Balaban J connectivity index is 1.77. The van der Waals surface area contributed by atoms with Crippen molar-refractivity contribution in [2.45, 2.75) is 19.8 Å². The summed E-state index contributed by atoms with van der Waals surface area (Å²) >= 11 is 6.37. The number of Topliss-reactive ketones (excluding diaryl/α,β-unsaturated/α-hetero) is 1. The lowest BCUT2D eigenvalue weighted by Gasteiger charge is -2.18. The van der Waals surface area contributed by atoms with Crippen molar-refractivity contribution in [3.05, 3.63) is 77.3 Å². The molecule has 3 rings (SSSR count). The predicted molar refractivity (Wildman–Crippen MR) is 111 cm³/mol. The quantitative estimate of drug-likeness (QED) is 0.574. The summed E-state index contributed by atoms with van der Waals surface area (Å²) in [5.41, 5.74) is 3.69. The second kappa shape index (κ2) is 8.76.